The van der Waals surface area contributed by atoms with Crippen LogP contribution in [0.25, 0.3) is 11.5 Å². The van der Waals surface area contributed by atoms with E-state index in [2.05, 4.69) is 23.3 Å². The highest BCUT2D eigenvalue weighted by Gasteiger charge is 2.08. The lowest BCUT2D eigenvalue weighted by Gasteiger charge is -2.00. The number of oxazole rings is 1. The third-order valence-electron chi connectivity index (χ3n) is 2.72. The van der Waals surface area contributed by atoms with Gasteiger partial charge in [0, 0.05) is 25.8 Å². The Labute approximate surface area is 107 Å². The number of methoxy groups -OCH3 is 1. The summed E-state index contributed by atoms with van der Waals surface area (Å²) in [7, 11) is 1.69. The Morgan fingerprint density at radius 1 is 1.33 bits per heavy atom. The zero-order valence-electron chi connectivity index (χ0n) is 10.8. The Hall–Kier alpha value is -1.65. The number of nitrogens with zero attached hydrogens (tertiary/aromatic N) is 1. The Balaban J connectivity index is 2.00. The average Bonchev–Trinajstić information content (AvgIpc) is 2.84. The van der Waals surface area contributed by atoms with E-state index < -0.39 is 0 Å². The highest BCUT2D eigenvalue weighted by molar-refractivity contribution is 5.58. The third-order valence-corrected chi connectivity index (χ3v) is 2.72. The van der Waals surface area contributed by atoms with E-state index >= 15 is 0 Å². The molecule has 0 aliphatic heterocycles. The van der Waals surface area contributed by atoms with E-state index in [0.717, 1.165) is 17.8 Å². The summed E-state index contributed by atoms with van der Waals surface area (Å²) in [5.74, 6) is 0.677. The Kier molecular flexibility index (Phi) is 4.50. The molecule has 0 bridgehead atoms. The van der Waals surface area contributed by atoms with Crippen LogP contribution in [0.15, 0.2) is 34.9 Å². The standard InChI is InChI=1S/C14H18N2O2/c1-11-5-3-4-6-13(11)14-16-12(10-18-14)9-15-7-8-17-2/h3-6,10,15H,7-9H2,1-2H3. The Bertz CT molecular complexity index is 494. The SMILES string of the molecule is COCCNCc1coc(-c2ccccc2C)n1. The van der Waals surface area contributed by atoms with Crippen LogP contribution in [0.5, 0.6) is 0 Å². The molecule has 18 heavy (non-hydrogen) atoms. The van der Waals surface area contributed by atoms with Crippen molar-refractivity contribution in [2.75, 3.05) is 20.3 Å². The molecular weight excluding hydrogens is 228 g/mol. The van der Waals surface area contributed by atoms with Crippen molar-refractivity contribution in [3.8, 4) is 11.5 Å². The summed E-state index contributed by atoms with van der Waals surface area (Å²) in [5, 5.41) is 3.23. The molecule has 1 N–H and O–H groups in total. The summed E-state index contributed by atoms with van der Waals surface area (Å²) in [6.07, 6.45) is 1.70. The van der Waals surface area contributed by atoms with Crippen molar-refractivity contribution in [1.29, 1.82) is 0 Å². The van der Waals surface area contributed by atoms with Crippen LogP contribution in [0.1, 0.15) is 11.3 Å². The molecule has 1 aromatic heterocycles. The molecule has 0 atom stereocenters. The lowest BCUT2D eigenvalue weighted by Crippen LogP contribution is -2.18. The zero-order valence-corrected chi connectivity index (χ0v) is 10.8. The molecule has 96 valence electrons. The van der Waals surface area contributed by atoms with E-state index in [-0.39, 0.29) is 0 Å². The van der Waals surface area contributed by atoms with Gasteiger partial charge < -0.3 is 14.5 Å². The summed E-state index contributed by atoms with van der Waals surface area (Å²) < 4.78 is 10.5. The Morgan fingerprint density at radius 2 is 2.17 bits per heavy atom. The molecule has 0 spiro atoms. The van der Waals surface area contributed by atoms with Gasteiger partial charge in [0.15, 0.2) is 0 Å². The molecular formula is C14H18N2O2. The molecule has 0 radical (unpaired) electrons. The molecule has 0 unspecified atom stereocenters. The van der Waals surface area contributed by atoms with Gasteiger partial charge in [0.1, 0.15) is 6.26 Å². The van der Waals surface area contributed by atoms with Gasteiger partial charge in [-0.1, -0.05) is 18.2 Å². The summed E-state index contributed by atoms with van der Waals surface area (Å²) >= 11 is 0. The number of benzene rings is 1. The number of nitrogens with one attached hydrogen (secondary N) is 1. The maximum atomic E-state index is 5.51. The van der Waals surface area contributed by atoms with Crippen LogP contribution in [0, 0.1) is 6.92 Å². The lowest BCUT2D eigenvalue weighted by atomic mass is 10.1. The average molecular weight is 246 g/mol. The highest BCUT2D eigenvalue weighted by atomic mass is 16.5. The van der Waals surface area contributed by atoms with Crippen LogP contribution >= 0.6 is 0 Å². The van der Waals surface area contributed by atoms with E-state index in [1.807, 2.05) is 18.2 Å². The molecule has 0 aliphatic carbocycles. The topological polar surface area (TPSA) is 47.3 Å². The Morgan fingerprint density at radius 3 is 2.94 bits per heavy atom. The van der Waals surface area contributed by atoms with Crippen molar-refractivity contribution in [1.82, 2.24) is 10.3 Å². The van der Waals surface area contributed by atoms with Gasteiger partial charge in [-0.25, -0.2) is 4.98 Å². The smallest absolute Gasteiger partial charge is 0.226 e. The number of aromatic nitrogens is 1. The van der Waals surface area contributed by atoms with Crippen molar-refractivity contribution in [3.63, 3.8) is 0 Å². The van der Waals surface area contributed by atoms with Crippen molar-refractivity contribution in [2.45, 2.75) is 13.5 Å². The van der Waals surface area contributed by atoms with Gasteiger partial charge in [0.05, 0.1) is 12.3 Å². The van der Waals surface area contributed by atoms with E-state index in [4.69, 9.17) is 9.15 Å². The van der Waals surface area contributed by atoms with Crippen molar-refractivity contribution >= 4 is 0 Å². The van der Waals surface area contributed by atoms with Gasteiger partial charge >= 0.3 is 0 Å². The molecule has 2 rings (SSSR count). The van der Waals surface area contributed by atoms with Crippen LogP contribution in [-0.4, -0.2) is 25.2 Å². The molecule has 1 aromatic carbocycles. The molecule has 0 amide bonds. The van der Waals surface area contributed by atoms with Gasteiger partial charge in [-0.3, -0.25) is 0 Å². The molecule has 2 aromatic rings. The van der Waals surface area contributed by atoms with Gasteiger partial charge in [0.2, 0.25) is 5.89 Å². The fourth-order valence-electron chi connectivity index (χ4n) is 1.72. The number of aryl methyl sites for hydroxylation is 1. The van der Waals surface area contributed by atoms with Crippen LogP contribution in [0.2, 0.25) is 0 Å². The number of rotatable bonds is 6. The molecule has 0 aliphatic rings. The van der Waals surface area contributed by atoms with Crippen LogP contribution in [0.4, 0.5) is 0 Å². The monoisotopic (exact) mass is 246 g/mol. The van der Waals surface area contributed by atoms with Crippen LogP contribution < -0.4 is 5.32 Å². The van der Waals surface area contributed by atoms with Crippen LogP contribution in [0.3, 0.4) is 0 Å². The minimum Gasteiger partial charge on any atom is -0.444 e. The van der Waals surface area contributed by atoms with Gasteiger partial charge in [0.25, 0.3) is 0 Å². The first kappa shape index (κ1) is 12.8. The fourth-order valence-corrected chi connectivity index (χ4v) is 1.72. The predicted molar refractivity (Wildman–Crippen MR) is 70.3 cm³/mol. The maximum Gasteiger partial charge on any atom is 0.226 e. The summed E-state index contributed by atoms with van der Waals surface area (Å²) in [5.41, 5.74) is 3.11. The highest BCUT2D eigenvalue weighted by Crippen LogP contribution is 2.21. The molecule has 0 saturated carbocycles. The van der Waals surface area contributed by atoms with Gasteiger partial charge in [-0.15, -0.1) is 0 Å². The second-order valence-corrected chi connectivity index (χ2v) is 4.13. The third kappa shape index (κ3) is 3.18. The largest absolute Gasteiger partial charge is 0.444 e. The number of hydrogen-bond acceptors (Lipinski definition) is 4. The normalized spacial score (nSPS) is 10.8. The zero-order chi connectivity index (χ0) is 12.8. The van der Waals surface area contributed by atoms with E-state index in [1.165, 1.54) is 5.56 Å². The molecule has 4 nitrogen and oxygen atoms in total. The number of ether oxygens (including phenoxy) is 1. The lowest BCUT2D eigenvalue weighted by molar-refractivity contribution is 0.199. The molecule has 0 fully saturated rings. The van der Waals surface area contributed by atoms with Gasteiger partial charge in [-0.05, 0) is 18.6 Å². The first-order valence-corrected chi connectivity index (χ1v) is 6.01. The van der Waals surface area contributed by atoms with Crippen molar-refractivity contribution in [3.05, 3.63) is 41.8 Å². The van der Waals surface area contributed by atoms with E-state index in [0.29, 0.717) is 19.0 Å². The molecule has 4 heteroatoms. The second-order valence-electron chi connectivity index (χ2n) is 4.13. The predicted octanol–water partition coefficient (Wildman–Crippen LogP) is 2.39. The second kappa shape index (κ2) is 6.33. The minimum absolute atomic E-state index is 0.677. The van der Waals surface area contributed by atoms with E-state index in [1.54, 1.807) is 13.4 Å². The molecule has 0 saturated heterocycles. The fraction of sp³-hybridized carbons (Fsp3) is 0.357. The molecule has 1 heterocycles. The quantitative estimate of drug-likeness (QED) is 0.795. The van der Waals surface area contributed by atoms with Crippen molar-refractivity contribution in [2.24, 2.45) is 0 Å². The van der Waals surface area contributed by atoms with E-state index in [9.17, 15) is 0 Å². The number of hydrogen-bond donors (Lipinski definition) is 1. The summed E-state index contributed by atoms with van der Waals surface area (Å²) in [6.45, 7) is 4.25. The minimum atomic E-state index is 0.677. The summed E-state index contributed by atoms with van der Waals surface area (Å²) in [6, 6.07) is 8.07. The van der Waals surface area contributed by atoms with Crippen molar-refractivity contribution < 1.29 is 9.15 Å². The maximum absolute atomic E-state index is 5.51. The summed E-state index contributed by atoms with van der Waals surface area (Å²) in [4.78, 5) is 4.47. The van der Waals surface area contributed by atoms with Crippen LogP contribution in [-0.2, 0) is 11.3 Å². The first-order chi connectivity index (χ1) is 8.81. The van der Waals surface area contributed by atoms with Gasteiger partial charge in [-0.2, -0.15) is 0 Å². The first-order valence-electron chi connectivity index (χ1n) is 6.01.